The maximum absolute atomic E-state index is 11.0. The van der Waals surface area contributed by atoms with E-state index in [0.717, 1.165) is 32.0 Å². The van der Waals surface area contributed by atoms with Gasteiger partial charge in [0.05, 0.1) is 0 Å². The third-order valence-corrected chi connectivity index (χ3v) is 3.68. The average molecular weight is 283 g/mol. The van der Waals surface area contributed by atoms with Crippen LogP contribution < -0.4 is 9.80 Å². The Bertz CT molecular complexity index is 622. The number of hydrogen-bond acceptors (Lipinski definition) is 4. The Morgan fingerprint density at radius 2 is 1.57 bits per heavy atom. The van der Waals surface area contributed by atoms with Gasteiger partial charge in [-0.1, -0.05) is 24.3 Å². The third kappa shape index (κ3) is 2.97. The van der Waals surface area contributed by atoms with Crippen molar-refractivity contribution in [2.75, 3.05) is 36.0 Å². The van der Waals surface area contributed by atoms with Crippen LogP contribution in [0.25, 0.3) is 0 Å². The van der Waals surface area contributed by atoms with Crippen molar-refractivity contribution in [1.82, 2.24) is 4.98 Å². The molecule has 0 unspecified atom stereocenters. The summed E-state index contributed by atoms with van der Waals surface area (Å²) in [6.45, 7) is 3.49. The summed E-state index contributed by atoms with van der Waals surface area (Å²) in [7, 11) is 0. The van der Waals surface area contributed by atoms with Crippen molar-refractivity contribution < 1.29 is 9.90 Å². The average Bonchev–Trinajstić information content (AvgIpc) is 2.56. The quantitative estimate of drug-likeness (QED) is 0.935. The van der Waals surface area contributed by atoms with Crippen LogP contribution in [0, 0.1) is 0 Å². The van der Waals surface area contributed by atoms with Gasteiger partial charge in [0, 0.05) is 31.9 Å². The second kappa shape index (κ2) is 5.83. The van der Waals surface area contributed by atoms with Gasteiger partial charge in [-0.2, -0.15) is 0 Å². The molecule has 0 amide bonds. The minimum atomic E-state index is -0.986. The molecule has 3 rings (SSSR count). The summed E-state index contributed by atoms with van der Waals surface area (Å²) in [5, 5.41) is 9.01. The number of rotatable bonds is 3. The summed E-state index contributed by atoms with van der Waals surface area (Å²) < 4.78 is 0. The smallest absolute Gasteiger partial charge is 0.354 e. The lowest BCUT2D eigenvalue weighted by Crippen LogP contribution is -2.46. The highest BCUT2D eigenvalue weighted by molar-refractivity contribution is 5.85. The van der Waals surface area contributed by atoms with Gasteiger partial charge in [-0.05, 0) is 24.3 Å². The highest BCUT2D eigenvalue weighted by Crippen LogP contribution is 2.19. The van der Waals surface area contributed by atoms with Crippen molar-refractivity contribution >= 4 is 17.5 Å². The van der Waals surface area contributed by atoms with Crippen LogP contribution in [0.15, 0.2) is 48.5 Å². The van der Waals surface area contributed by atoms with E-state index in [1.807, 2.05) is 24.3 Å². The Kier molecular flexibility index (Phi) is 3.73. The molecule has 0 radical (unpaired) electrons. The van der Waals surface area contributed by atoms with Crippen LogP contribution >= 0.6 is 0 Å². The standard InChI is InChI=1S/C16H17N3O2/c20-16(21)14-7-4-8-15(17-14)19-11-9-18(10-12-19)13-5-2-1-3-6-13/h1-8H,9-12H2,(H,20,21). The first-order valence-electron chi connectivity index (χ1n) is 6.99. The maximum atomic E-state index is 11.0. The van der Waals surface area contributed by atoms with E-state index in [1.165, 1.54) is 11.8 Å². The summed E-state index contributed by atoms with van der Waals surface area (Å²) in [6.07, 6.45) is 0. The summed E-state index contributed by atoms with van der Waals surface area (Å²) in [4.78, 5) is 19.6. The lowest BCUT2D eigenvalue weighted by Gasteiger charge is -2.36. The number of para-hydroxylation sites is 1. The SMILES string of the molecule is O=C(O)c1cccc(N2CCN(c3ccccc3)CC2)n1. The van der Waals surface area contributed by atoms with Crippen LogP contribution in [-0.2, 0) is 0 Å². The number of anilines is 2. The predicted octanol–water partition coefficient (Wildman–Crippen LogP) is 2.11. The number of pyridine rings is 1. The molecule has 1 aromatic carbocycles. The van der Waals surface area contributed by atoms with Gasteiger partial charge >= 0.3 is 5.97 Å². The summed E-state index contributed by atoms with van der Waals surface area (Å²) in [5.41, 5.74) is 1.32. The van der Waals surface area contributed by atoms with E-state index < -0.39 is 5.97 Å². The van der Waals surface area contributed by atoms with Crippen molar-refractivity contribution in [3.05, 3.63) is 54.2 Å². The zero-order chi connectivity index (χ0) is 14.7. The number of carboxylic acids is 1. The van der Waals surface area contributed by atoms with Crippen molar-refractivity contribution in [3.63, 3.8) is 0 Å². The number of nitrogens with zero attached hydrogens (tertiary/aromatic N) is 3. The lowest BCUT2D eigenvalue weighted by molar-refractivity contribution is 0.0690. The fourth-order valence-electron chi connectivity index (χ4n) is 2.55. The number of benzene rings is 1. The Hall–Kier alpha value is -2.56. The van der Waals surface area contributed by atoms with E-state index in [4.69, 9.17) is 5.11 Å². The molecule has 5 heteroatoms. The van der Waals surface area contributed by atoms with Gasteiger partial charge in [0.25, 0.3) is 0 Å². The molecule has 0 aliphatic carbocycles. The Morgan fingerprint density at radius 3 is 2.24 bits per heavy atom. The van der Waals surface area contributed by atoms with Crippen LogP contribution in [0.5, 0.6) is 0 Å². The van der Waals surface area contributed by atoms with E-state index in [2.05, 4.69) is 26.9 Å². The second-order valence-corrected chi connectivity index (χ2v) is 5.00. The first kappa shape index (κ1) is 13.4. The van der Waals surface area contributed by atoms with Gasteiger partial charge in [-0.3, -0.25) is 0 Å². The van der Waals surface area contributed by atoms with E-state index in [-0.39, 0.29) is 5.69 Å². The number of hydrogen-bond donors (Lipinski definition) is 1. The molecule has 0 saturated carbocycles. The highest BCUT2D eigenvalue weighted by Gasteiger charge is 2.19. The first-order valence-corrected chi connectivity index (χ1v) is 6.99. The van der Waals surface area contributed by atoms with E-state index in [0.29, 0.717) is 0 Å². The molecule has 1 fully saturated rings. The molecule has 1 N–H and O–H groups in total. The Balaban J connectivity index is 1.68. The number of aromatic nitrogens is 1. The fourth-order valence-corrected chi connectivity index (χ4v) is 2.55. The first-order chi connectivity index (χ1) is 10.2. The molecular formula is C16H17N3O2. The Labute approximate surface area is 123 Å². The summed E-state index contributed by atoms with van der Waals surface area (Å²) in [5.74, 6) is -0.248. The molecule has 0 bridgehead atoms. The largest absolute Gasteiger partial charge is 0.477 e. The fraction of sp³-hybridized carbons (Fsp3) is 0.250. The van der Waals surface area contributed by atoms with Crippen LogP contribution in [-0.4, -0.2) is 42.2 Å². The van der Waals surface area contributed by atoms with Crippen molar-refractivity contribution in [2.45, 2.75) is 0 Å². The maximum Gasteiger partial charge on any atom is 0.354 e. The molecule has 0 atom stereocenters. The highest BCUT2D eigenvalue weighted by atomic mass is 16.4. The molecule has 1 saturated heterocycles. The van der Waals surface area contributed by atoms with E-state index >= 15 is 0 Å². The van der Waals surface area contributed by atoms with Crippen LogP contribution in [0.1, 0.15) is 10.5 Å². The second-order valence-electron chi connectivity index (χ2n) is 5.00. The van der Waals surface area contributed by atoms with Gasteiger partial charge in [0.1, 0.15) is 5.82 Å². The van der Waals surface area contributed by atoms with Crippen molar-refractivity contribution in [3.8, 4) is 0 Å². The zero-order valence-electron chi connectivity index (χ0n) is 11.6. The third-order valence-electron chi connectivity index (χ3n) is 3.68. The number of aromatic carboxylic acids is 1. The molecule has 1 aliphatic rings. The van der Waals surface area contributed by atoms with Crippen LogP contribution in [0.3, 0.4) is 0 Å². The van der Waals surface area contributed by atoms with Gasteiger partial charge in [-0.15, -0.1) is 0 Å². The normalized spacial score (nSPS) is 15.0. The number of piperazine rings is 1. The van der Waals surface area contributed by atoms with Gasteiger partial charge in [0.15, 0.2) is 5.69 Å². The molecule has 2 heterocycles. The van der Waals surface area contributed by atoms with E-state index in [9.17, 15) is 4.79 Å². The van der Waals surface area contributed by atoms with Crippen molar-refractivity contribution in [2.24, 2.45) is 0 Å². The number of carboxylic acid groups (broad SMARTS) is 1. The molecule has 108 valence electrons. The number of carbonyl (C=O) groups is 1. The topological polar surface area (TPSA) is 56.7 Å². The van der Waals surface area contributed by atoms with Crippen LogP contribution in [0.4, 0.5) is 11.5 Å². The van der Waals surface area contributed by atoms with Crippen LogP contribution in [0.2, 0.25) is 0 Å². The lowest BCUT2D eigenvalue weighted by atomic mass is 10.2. The zero-order valence-corrected chi connectivity index (χ0v) is 11.6. The summed E-state index contributed by atoms with van der Waals surface area (Å²) >= 11 is 0. The minimum absolute atomic E-state index is 0.0954. The molecular weight excluding hydrogens is 266 g/mol. The molecule has 1 aromatic heterocycles. The van der Waals surface area contributed by atoms with E-state index in [1.54, 1.807) is 6.07 Å². The molecule has 0 spiro atoms. The summed E-state index contributed by atoms with van der Waals surface area (Å²) in [6, 6.07) is 15.4. The van der Waals surface area contributed by atoms with Gasteiger partial charge in [-0.25, -0.2) is 9.78 Å². The monoisotopic (exact) mass is 283 g/mol. The van der Waals surface area contributed by atoms with Gasteiger partial charge < -0.3 is 14.9 Å². The molecule has 1 aliphatic heterocycles. The van der Waals surface area contributed by atoms with Gasteiger partial charge in [0.2, 0.25) is 0 Å². The predicted molar refractivity (Wildman–Crippen MR) is 82.1 cm³/mol. The van der Waals surface area contributed by atoms with Crippen molar-refractivity contribution in [1.29, 1.82) is 0 Å². The molecule has 2 aromatic rings. The minimum Gasteiger partial charge on any atom is -0.477 e. The molecule has 21 heavy (non-hydrogen) atoms. The Morgan fingerprint density at radius 1 is 0.905 bits per heavy atom. The molecule has 5 nitrogen and oxygen atoms in total.